The fourth-order valence-electron chi connectivity index (χ4n) is 4.10. The van der Waals surface area contributed by atoms with Crippen molar-refractivity contribution in [2.24, 2.45) is 4.99 Å². The van der Waals surface area contributed by atoms with E-state index in [0.29, 0.717) is 17.9 Å². The Morgan fingerprint density at radius 2 is 1.53 bits per heavy atom. The molecule has 0 atom stereocenters. The number of benzene rings is 4. The first-order valence-corrected chi connectivity index (χ1v) is 13.0. The van der Waals surface area contributed by atoms with Crippen molar-refractivity contribution in [3.8, 4) is 34.3 Å². The zero-order valence-electron chi connectivity index (χ0n) is 21.1. The number of furan rings is 1. The van der Waals surface area contributed by atoms with Gasteiger partial charge in [0.2, 0.25) is 5.88 Å². The van der Waals surface area contributed by atoms with Gasteiger partial charge in [0.25, 0.3) is 0 Å². The minimum Gasteiger partial charge on any atom is -0.488 e. The van der Waals surface area contributed by atoms with Crippen LogP contribution in [-0.4, -0.2) is 6.21 Å². The molecule has 5 rings (SSSR count). The van der Waals surface area contributed by atoms with E-state index < -0.39 is 0 Å². The zero-order valence-corrected chi connectivity index (χ0v) is 22.7. The second-order valence-corrected chi connectivity index (χ2v) is 9.91. The number of ether oxygens (including phenoxy) is 1. The lowest BCUT2D eigenvalue weighted by molar-refractivity contribution is 0.304. The minimum absolute atomic E-state index is 0.277. The number of nitrogens with zero attached hydrogens (tertiary/aromatic N) is 2. The van der Waals surface area contributed by atoms with E-state index in [0.717, 1.165) is 49.2 Å². The molecule has 0 bridgehead atoms. The molecule has 1 heterocycles. The fraction of sp³-hybridized carbons (Fsp3) is 0.0909. The average Bonchev–Trinajstić information content (AvgIpc) is 3.31. The lowest BCUT2D eigenvalue weighted by Gasteiger charge is -2.08. The molecule has 38 heavy (non-hydrogen) atoms. The maximum Gasteiger partial charge on any atom is 0.238 e. The topological polar surface area (TPSA) is 58.5 Å². The van der Waals surface area contributed by atoms with E-state index in [1.54, 1.807) is 6.21 Å². The number of nitriles is 1. The second-order valence-electron chi connectivity index (χ2n) is 9.05. The number of hydrogen-bond acceptors (Lipinski definition) is 4. The summed E-state index contributed by atoms with van der Waals surface area (Å²) in [4.78, 5) is 4.60. The number of rotatable bonds is 7. The van der Waals surface area contributed by atoms with E-state index in [4.69, 9.17) is 9.15 Å². The molecule has 0 saturated carbocycles. The Hall–Kier alpha value is -4.40. The van der Waals surface area contributed by atoms with Gasteiger partial charge in [0, 0.05) is 17.3 Å². The Labute approximate surface area is 231 Å². The largest absolute Gasteiger partial charge is 0.488 e. The van der Waals surface area contributed by atoms with Gasteiger partial charge in [-0.05, 0) is 64.7 Å². The SMILES string of the molecule is Cc1ccc(-c2oc(N=Cc3ccc(OCc4ccccc4)c(Br)c3)c(C#N)c2-c2ccc(C)cc2)cc1. The van der Waals surface area contributed by atoms with Crippen molar-refractivity contribution < 1.29 is 9.15 Å². The molecule has 5 aromatic rings. The van der Waals surface area contributed by atoms with Crippen molar-refractivity contribution in [3.05, 3.63) is 129 Å². The second kappa shape index (κ2) is 11.3. The lowest BCUT2D eigenvalue weighted by atomic mass is 9.97. The highest BCUT2D eigenvalue weighted by Crippen LogP contribution is 2.42. The third kappa shape index (κ3) is 5.61. The highest BCUT2D eigenvalue weighted by molar-refractivity contribution is 9.10. The summed E-state index contributed by atoms with van der Waals surface area (Å²) in [6, 6.07) is 34.3. The molecule has 0 N–H and O–H groups in total. The molecule has 0 unspecified atom stereocenters. The van der Waals surface area contributed by atoms with Crippen LogP contribution >= 0.6 is 15.9 Å². The summed E-state index contributed by atoms with van der Waals surface area (Å²) < 4.78 is 13.0. The predicted octanol–water partition coefficient (Wildman–Crippen LogP) is 9.19. The third-order valence-electron chi connectivity index (χ3n) is 6.18. The number of hydrogen-bond donors (Lipinski definition) is 0. The number of halogens is 1. The van der Waals surface area contributed by atoms with Crippen LogP contribution in [-0.2, 0) is 6.61 Å². The van der Waals surface area contributed by atoms with E-state index in [1.807, 2.05) is 111 Å². The van der Waals surface area contributed by atoms with Crippen molar-refractivity contribution in [2.75, 3.05) is 0 Å². The first-order valence-electron chi connectivity index (χ1n) is 12.2. The molecule has 0 aliphatic carbocycles. The van der Waals surface area contributed by atoms with Crippen molar-refractivity contribution >= 4 is 28.0 Å². The molecule has 0 fully saturated rings. The summed E-state index contributed by atoms with van der Waals surface area (Å²) in [7, 11) is 0. The third-order valence-corrected chi connectivity index (χ3v) is 6.80. The zero-order chi connectivity index (χ0) is 26.5. The molecule has 0 aliphatic rings. The van der Waals surface area contributed by atoms with Gasteiger partial charge in [-0.1, -0.05) is 90.0 Å². The maximum atomic E-state index is 10.1. The molecule has 0 spiro atoms. The molecule has 0 radical (unpaired) electrons. The molecule has 0 aliphatic heterocycles. The normalized spacial score (nSPS) is 11.0. The Bertz CT molecular complexity index is 1630. The van der Waals surface area contributed by atoms with E-state index >= 15 is 0 Å². The Morgan fingerprint density at radius 1 is 0.868 bits per heavy atom. The van der Waals surface area contributed by atoms with Crippen LogP contribution in [0.2, 0.25) is 0 Å². The number of aliphatic imine (C=N–C) groups is 1. The molecular weight excluding hydrogens is 536 g/mol. The van der Waals surface area contributed by atoms with Gasteiger partial charge < -0.3 is 9.15 Å². The predicted molar refractivity (Wildman–Crippen MR) is 156 cm³/mol. The van der Waals surface area contributed by atoms with E-state index in [-0.39, 0.29) is 5.88 Å². The molecule has 5 heteroatoms. The molecule has 1 aromatic heterocycles. The molecule has 4 nitrogen and oxygen atoms in total. The summed E-state index contributed by atoms with van der Waals surface area (Å²) >= 11 is 3.60. The Morgan fingerprint density at radius 3 is 2.16 bits per heavy atom. The molecular formula is C33H25BrN2O2. The van der Waals surface area contributed by atoms with Crippen molar-refractivity contribution in [1.82, 2.24) is 0 Å². The molecule has 0 saturated heterocycles. The van der Waals surface area contributed by atoms with Crippen LogP contribution in [0.3, 0.4) is 0 Å². The van der Waals surface area contributed by atoms with Crippen molar-refractivity contribution in [1.29, 1.82) is 5.26 Å². The smallest absolute Gasteiger partial charge is 0.238 e. The van der Waals surface area contributed by atoms with Gasteiger partial charge in [-0.25, -0.2) is 4.99 Å². The van der Waals surface area contributed by atoms with Gasteiger partial charge in [-0.15, -0.1) is 0 Å². The van der Waals surface area contributed by atoms with Crippen molar-refractivity contribution in [3.63, 3.8) is 0 Å². The Balaban J connectivity index is 1.47. The standard InChI is InChI=1S/C33H25BrN2O2/c1-22-8-13-26(14-9-22)31-28(19-35)33(38-32(31)27-15-10-23(2)11-16-27)36-20-25-12-17-30(29(34)18-25)37-21-24-6-4-3-5-7-24/h3-18,20H,21H2,1-2H3. The van der Waals surface area contributed by atoms with Crippen LogP contribution in [0.5, 0.6) is 5.75 Å². The summed E-state index contributed by atoms with van der Waals surface area (Å²) in [5.74, 6) is 1.65. The molecule has 186 valence electrons. The van der Waals surface area contributed by atoms with Gasteiger partial charge in [0.15, 0.2) is 0 Å². The molecule has 4 aromatic carbocycles. The van der Waals surface area contributed by atoms with Gasteiger partial charge in [0.1, 0.15) is 29.7 Å². The molecule has 0 amide bonds. The highest BCUT2D eigenvalue weighted by atomic mass is 79.9. The van der Waals surface area contributed by atoms with Gasteiger partial charge >= 0.3 is 0 Å². The lowest BCUT2D eigenvalue weighted by Crippen LogP contribution is -1.96. The monoisotopic (exact) mass is 560 g/mol. The first kappa shape index (κ1) is 25.3. The van der Waals surface area contributed by atoms with E-state index in [9.17, 15) is 5.26 Å². The van der Waals surface area contributed by atoms with E-state index in [1.165, 1.54) is 0 Å². The van der Waals surface area contributed by atoms with Crippen molar-refractivity contribution in [2.45, 2.75) is 20.5 Å². The summed E-state index contributed by atoms with van der Waals surface area (Å²) in [5.41, 5.74) is 7.20. The summed E-state index contributed by atoms with van der Waals surface area (Å²) in [6.07, 6.45) is 1.70. The quantitative estimate of drug-likeness (QED) is 0.186. The number of aryl methyl sites for hydroxylation is 2. The van der Waals surface area contributed by atoms with Crippen LogP contribution in [0, 0.1) is 25.2 Å². The maximum absolute atomic E-state index is 10.1. The van der Waals surface area contributed by atoms with Crippen LogP contribution < -0.4 is 4.74 Å². The van der Waals surface area contributed by atoms with Crippen LogP contribution in [0.15, 0.2) is 111 Å². The van der Waals surface area contributed by atoms with Crippen LogP contribution in [0.4, 0.5) is 5.88 Å². The minimum atomic E-state index is 0.277. The summed E-state index contributed by atoms with van der Waals surface area (Å²) in [6.45, 7) is 4.56. The van der Waals surface area contributed by atoms with E-state index in [2.05, 4.69) is 27.0 Å². The van der Waals surface area contributed by atoms with Gasteiger partial charge in [-0.2, -0.15) is 5.26 Å². The van der Waals surface area contributed by atoms with Crippen LogP contribution in [0.25, 0.3) is 22.5 Å². The summed E-state index contributed by atoms with van der Waals surface area (Å²) in [5, 5.41) is 10.1. The van der Waals surface area contributed by atoms with Crippen LogP contribution in [0.1, 0.15) is 27.8 Å². The Kier molecular flexibility index (Phi) is 7.53. The highest BCUT2D eigenvalue weighted by Gasteiger charge is 2.22. The average molecular weight is 561 g/mol. The van der Waals surface area contributed by atoms with Gasteiger partial charge in [-0.3, -0.25) is 0 Å². The van der Waals surface area contributed by atoms with Gasteiger partial charge in [0.05, 0.1) is 4.47 Å². The fourth-order valence-corrected chi connectivity index (χ4v) is 4.61. The first-order chi connectivity index (χ1) is 18.5.